The van der Waals surface area contributed by atoms with Crippen LogP contribution in [0.25, 0.3) is 0 Å². The lowest BCUT2D eigenvalue weighted by atomic mass is 10.0. The van der Waals surface area contributed by atoms with Crippen molar-refractivity contribution >= 4 is 11.8 Å². The zero-order chi connectivity index (χ0) is 14.5. The topological polar surface area (TPSA) is 82.3 Å². The highest BCUT2D eigenvalue weighted by Crippen LogP contribution is 2.13. The highest BCUT2D eigenvalue weighted by atomic mass is 16.2. The summed E-state index contributed by atoms with van der Waals surface area (Å²) in [7, 11) is 0. The standard InChI is InChI=1S/C14H19N3O3/c1-2-12(18)16-11-4-7-17(8-5-11)14(20)10-3-6-15-13(19)9-10/h3,6,9,11H,2,4-5,7-8H2,1H3,(H,15,19)(H,16,18). The van der Waals surface area contributed by atoms with Gasteiger partial charge in [0.1, 0.15) is 0 Å². The van der Waals surface area contributed by atoms with E-state index in [4.69, 9.17) is 0 Å². The van der Waals surface area contributed by atoms with E-state index in [0.29, 0.717) is 25.1 Å². The Hall–Kier alpha value is -2.11. The minimum Gasteiger partial charge on any atom is -0.353 e. The zero-order valence-electron chi connectivity index (χ0n) is 11.5. The lowest BCUT2D eigenvalue weighted by Crippen LogP contribution is -2.46. The Morgan fingerprint density at radius 2 is 2.10 bits per heavy atom. The third-order valence-electron chi connectivity index (χ3n) is 3.49. The fraction of sp³-hybridized carbons (Fsp3) is 0.500. The zero-order valence-corrected chi connectivity index (χ0v) is 11.5. The predicted octanol–water partition coefficient (Wildman–Crippen LogP) is 0.506. The van der Waals surface area contributed by atoms with Crippen molar-refractivity contribution in [2.24, 2.45) is 0 Å². The normalized spacial score (nSPS) is 15.9. The molecule has 2 N–H and O–H groups in total. The van der Waals surface area contributed by atoms with Crippen molar-refractivity contribution in [2.45, 2.75) is 32.2 Å². The van der Waals surface area contributed by atoms with Crippen LogP contribution < -0.4 is 10.9 Å². The van der Waals surface area contributed by atoms with Gasteiger partial charge in [0.05, 0.1) is 0 Å². The van der Waals surface area contributed by atoms with Gasteiger partial charge in [0.2, 0.25) is 11.5 Å². The summed E-state index contributed by atoms with van der Waals surface area (Å²) in [6.07, 6.45) is 3.46. The molecule has 0 bridgehead atoms. The maximum absolute atomic E-state index is 12.2. The molecule has 20 heavy (non-hydrogen) atoms. The highest BCUT2D eigenvalue weighted by Gasteiger charge is 2.24. The number of H-pyrrole nitrogens is 1. The summed E-state index contributed by atoms with van der Waals surface area (Å²) < 4.78 is 0. The van der Waals surface area contributed by atoms with Crippen LogP contribution in [0, 0.1) is 0 Å². The molecule has 2 heterocycles. The number of nitrogens with one attached hydrogen (secondary N) is 2. The molecule has 108 valence electrons. The van der Waals surface area contributed by atoms with Crippen molar-refractivity contribution in [1.29, 1.82) is 0 Å². The summed E-state index contributed by atoms with van der Waals surface area (Å²) in [5, 5.41) is 2.94. The first kappa shape index (κ1) is 14.3. The fourth-order valence-corrected chi connectivity index (χ4v) is 2.32. The van der Waals surface area contributed by atoms with Crippen LogP contribution in [-0.4, -0.2) is 40.8 Å². The summed E-state index contributed by atoms with van der Waals surface area (Å²) in [4.78, 5) is 39.0. The second-order valence-corrected chi connectivity index (χ2v) is 4.93. The maximum atomic E-state index is 12.2. The van der Waals surface area contributed by atoms with Gasteiger partial charge in [-0.25, -0.2) is 0 Å². The first-order valence-corrected chi connectivity index (χ1v) is 6.87. The molecule has 0 saturated carbocycles. The Morgan fingerprint density at radius 3 is 2.70 bits per heavy atom. The van der Waals surface area contributed by atoms with Gasteiger partial charge in [-0.2, -0.15) is 0 Å². The number of nitrogens with zero attached hydrogens (tertiary/aromatic N) is 1. The van der Waals surface area contributed by atoms with Gasteiger partial charge in [-0.15, -0.1) is 0 Å². The van der Waals surface area contributed by atoms with Gasteiger partial charge in [0, 0.05) is 43.4 Å². The summed E-state index contributed by atoms with van der Waals surface area (Å²) in [5.41, 5.74) is 0.130. The number of carbonyl (C=O) groups is 2. The van der Waals surface area contributed by atoms with Crippen molar-refractivity contribution in [2.75, 3.05) is 13.1 Å². The van der Waals surface area contributed by atoms with E-state index in [1.54, 1.807) is 11.0 Å². The van der Waals surface area contributed by atoms with E-state index in [2.05, 4.69) is 10.3 Å². The molecule has 0 unspecified atom stereocenters. The van der Waals surface area contributed by atoms with Crippen LogP contribution in [0.1, 0.15) is 36.5 Å². The molecule has 0 atom stereocenters. The fourth-order valence-electron chi connectivity index (χ4n) is 2.32. The number of amides is 2. The molecule has 1 saturated heterocycles. The van der Waals surface area contributed by atoms with Crippen LogP contribution in [-0.2, 0) is 4.79 Å². The van der Waals surface area contributed by atoms with Crippen molar-refractivity contribution in [3.63, 3.8) is 0 Å². The largest absolute Gasteiger partial charge is 0.353 e. The lowest BCUT2D eigenvalue weighted by molar-refractivity contribution is -0.121. The van der Waals surface area contributed by atoms with Crippen LogP contribution in [0.5, 0.6) is 0 Å². The number of aromatic amines is 1. The molecule has 6 heteroatoms. The number of hydrogen-bond acceptors (Lipinski definition) is 3. The van der Waals surface area contributed by atoms with Crippen LogP contribution in [0.2, 0.25) is 0 Å². The Balaban J connectivity index is 1.92. The monoisotopic (exact) mass is 277 g/mol. The van der Waals surface area contributed by atoms with Crippen LogP contribution >= 0.6 is 0 Å². The molecule has 0 radical (unpaired) electrons. The predicted molar refractivity (Wildman–Crippen MR) is 74.4 cm³/mol. The van der Waals surface area contributed by atoms with Gasteiger partial charge in [0.25, 0.3) is 5.91 Å². The summed E-state index contributed by atoms with van der Waals surface area (Å²) >= 11 is 0. The molecule has 1 fully saturated rings. The number of pyridine rings is 1. The van der Waals surface area contributed by atoms with E-state index in [0.717, 1.165) is 12.8 Å². The third-order valence-corrected chi connectivity index (χ3v) is 3.49. The molecule has 0 aromatic carbocycles. The Kier molecular flexibility index (Phi) is 4.55. The second kappa shape index (κ2) is 6.36. The van der Waals surface area contributed by atoms with Gasteiger partial charge in [-0.05, 0) is 18.9 Å². The molecule has 1 aromatic rings. The van der Waals surface area contributed by atoms with E-state index >= 15 is 0 Å². The summed E-state index contributed by atoms with van der Waals surface area (Å²) in [6, 6.07) is 3.06. The number of rotatable bonds is 3. The van der Waals surface area contributed by atoms with E-state index in [9.17, 15) is 14.4 Å². The van der Waals surface area contributed by atoms with E-state index in [1.165, 1.54) is 12.3 Å². The van der Waals surface area contributed by atoms with Gasteiger partial charge in [-0.1, -0.05) is 6.92 Å². The number of likely N-dealkylation sites (tertiary alicyclic amines) is 1. The van der Waals surface area contributed by atoms with Gasteiger partial charge < -0.3 is 15.2 Å². The van der Waals surface area contributed by atoms with Crippen LogP contribution in [0.4, 0.5) is 0 Å². The molecule has 6 nitrogen and oxygen atoms in total. The van der Waals surface area contributed by atoms with Crippen LogP contribution in [0.15, 0.2) is 23.1 Å². The smallest absolute Gasteiger partial charge is 0.254 e. The van der Waals surface area contributed by atoms with Gasteiger partial charge in [0.15, 0.2) is 0 Å². The average Bonchev–Trinajstić information content (AvgIpc) is 2.47. The molecule has 2 rings (SSSR count). The van der Waals surface area contributed by atoms with E-state index < -0.39 is 0 Å². The van der Waals surface area contributed by atoms with E-state index in [1.807, 2.05) is 6.92 Å². The average molecular weight is 277 g/mol. The third kappa shape index (κ3) is 3.46. The van der Waals surface area contributed by atoms with Crippen molar-refractivity contribution in [3.05, 3.63) is 34.2 Å². The Bertz CT molecular complexity index is 545. The number of hydrogen-bond donors (Lipinski definition) is 2. The molecule has 1 aliphatic heterocycles. The number of piperidine rings is 1. The Labute approximate surface area is 117 Å². The quantitative estimate of drug-likeness (QED) is 0.844. The number of aromatic nitrogens is 1. The lowest BCUT2D eigenvalue weighted by Gasteiger charge is -2.32. The highest BCUT2D eigenvalue weighted by molar-refractivity contribution is 5.94. The molecular weight excluding hydrogens is 258 g/mol. The van der Waals surface area contributed by atoms with Gasteiger partial charge >= 0.3 is 0 Å². The van der Waals surface area contributed by atoms with Crippen molar-refractivity contribution < 1.29 is 9.59 Å². The van der Waals surface area contributed by atoms with Crippen molar-refractivity contribution in [1.82, 2.24) is 15.2 Å². The summed E-state index contributed by atoms with van der Waals surface area (Å²) in [6.45, 7) is 3.02. The molecule has 1 aliphatic rings. The first-order chi connectivity index (χ1) is 9.60. The number of carbonyl (C=O) groups excluding carboxylic acids is 2. The van der Waals surface area contributed by atoms with Crippen molar-refractivity contribution in [3.8, 4) is 0 Å². The van der Waals surface area contributed by atoms with Gasteiger partial charge in [-0.3, -0.25) is 14.4 Å². The van der Waals surface area contributed by atoms with E-state index in [-0.39, 0.29) is 23.4 Å². The minimum atomic E-state index is -0.277. The van der Waals surface area contributed by atoms with Crippen LogP contribution in [0.3, 0.4) is 0 Å². The molecular formula is C14H19N3O3. The minimum absolute atomic E-state index is 0.0457. The SMILES string of the molecule is CCC(=O)NC1CCN(C(=O)c2cc[nH]c(=O)c2)CC1. The Morgan fingerprint density at radius 1 is 1.40 bits per heavy atom. The molecule has 2 amide bonds. The molecule has 0 aliphatic carbocycles. The maximum Gasteiger partial charge on any atom is 0.254 e. The molecule has 0 spiro atoms. The first-order valence-electron chi connectivity index (χ1n) is 6.87. The second-order valence-electron chi connectivity index (χ2n) is 4.93. The summed E-state index contributed by atoms with van der Waals surface area (Å²) in [5.74, 6) is -0.0827. The molecule has 1 aromatic heterocycles.